The summed E-state index contributed by atoms with van der Waals surface area (Å²) in [4.78, 5) is 0. The van der Waals surface area contributed by atoms with Gasteiger partial charge in [-0.05, 0) is 13.0 Å². The summed E-state index contributed by atoms with van der Waals surface area (Å²) in [6.07, 6.45) is 3.52. The van der Waals surface area contributed by atoms with Crippen molar-refractivity contribution in [2.24, 2.45) is 0 Å². The van der Waals surface area contributed by atoms with Gasteiger partial charge in [0.25, 0.3) is 0 Å². The third kappa shape index (κ3) is 8.47. The van der Waals surface area contributed by atoms with Gasteiger partial charge in [0.15, 0.2) is 0 Å². The third-order valence-electron chi connectivity index (χ3n) is 1.87. The van der Waals surface area contributed by atoms with Crippen LogP contribution in [-0.4, -0.2) is 33.8 Å². The third-order valence-corrected chi connectivity index (χ3v) is 3.34. The topological polar surface area (TPSA) is 58.2 Å². The fourth-order valence-corrected chi connectivity index (χ4v) is 2.12. The van der Waals surface area contributed by atoms with E-state index in [1.54, 1.807) is 6.92 Å². The van der Waals surface area contributed by atoms with Gasteiger partial charge >= 0.3 is 0 Å². The lowest BCUT2D eigenvalue weighted by molar-refractivity contribution is 0.575. The summed E-state index contributed by atoms with van der Waals surface area (Å²) < 4.78 is 24.8. The quantitative estimate of drug-likeness (QED) is 0.565. The van der Waals surface area contributed by atoms with Gasteiger partial charge < -0.3 is 5.32 Å². The van der Waals surface area contributed by atoms with Crippen molar-refractivity contribution in [2.45, 2.75) is 33.1 Å². The second kappa shape index (κ2) is 8.20. The molecule has 0 rings (SSSR count). The molecule has 0 bridgehead atoms. The molecule has 0 heterocycles. The monoisotopic (exact) mass is 222 g/mol. The van der Waals surface area contributed by atoms with Crippen LogP contribution in [0.25, 0.3) is 0 Å². The second-order valence-electron chi connectivity index (χ2n) is 3.27. The number of hydrogen-bond donors (Lipinski definition) is 2. The molecule has 2 N–H and O–H groups in total. The van der Waals surface area contributed by atoms with Crippen molar-refractivity contribution >= 4 is 10.0 Å². The summed E-state index contributed by atoms with van der Waals surface area (Å²) in [6, 6.07) is 0. The van der Waals surface area contributed by atoms with E-state index >= 15 is 0 Å². The number of rotatable bonds is 9. The zero-order chi connectivity index (χ0) is 10.9. The van der Waals surface area contributed by atoms with Crippen LogP contribution in [0, 0.1) is 0 Å². The maximum atomic E-state index is 11.2. The largest absolute Gasteiger partial charge is 0.316 e. The van der Waals surface area contributed by atoms with Gasteiger partial charge in [0.2, 0.25) is 10.0 Å². The number of sulfonamides is 1. The molecule has 0 amide bonds. The molecule has 0 aliphatic heterocycles. The van der Waals surface area contributed by atoms with E-state index in [0.29, 0.717) is 13.1 Å². The van der Waals surface area contributed by atoms with Gasteiger partial charge in [0.05, 0.1) is 5.75 Å². The molecular weight excluding hydrogens is 200 g/mol. The first-order valence-electron chi connectivity index (χ1n) is 5.30. The van der Waals surface area contributed by atoms with E-state index in [1.807, 2.05) is 0 Å². The molecule has 86 valence electrons. The van der Waals surface area contributed by atoms with Crippen molar-refractivity contribution in [3.05, 3.63) is 0 Å². The Hall–Kier alpha value is -0.130. The molecule has 0 aromatic rings. The van der Waals surface area contributed by atoms with Crippen LogP contribution < -0.4 is 10.0 Å². The highest BCUT2D eigenvalue weighted by molar-refractivity contribution is 7.89. The van der Waals surface area contributed by atoms with Crippen LogP contribution in [0.1, 0.15) is 33.1 Å². The van der Waals surface area contributed by atoms with Crippen molar-refractivity contribution in [1.29, 1.82) is 0 Å². The van der Waals surface area contributed by atoms with E-state index in [0.717, 1.165) is 13.0 Å². The standard InChI is InChI=1S/C9H22N2O2S/c1-3-5-6-7-10-8-9-14(12,13)11-4-2/h10-11H,3-9H2,1-2H3. The van der Waals surface area contributed by atoms with Crippen LogP contribution in [-0.2, 0) is 10.0 Å². The van der Waals surface area contributed by atoms with Gasteiger partial charge in [-0.1, -0.05) is 26.7 Å². The van der Waals surface area contributed by atoms with Crippen molar-refractivity contribution < 1.29 is 8.42 Å². The van der Waals surface area contributed by atoms with Gasteiger partial charge in [0, 0.05) is 13.1 Å². The lowest BCUT2D eigenvalue weighted by Crippen LogP contribution is -2.32. The first-order chi connectivity index (χ1) is 6.62. The summed E-state index contributed by atoms with van der Waals surface area (Å²) in [7, 11) is -3.04. The zero-order valence-electron chi connectivity index (χ0n) is 9.17. The molecule has 0 atom stereocenters. The maximum absolute atomic E-state index is 11.2. The normalized spacial score (nSPS) is 11.9. The van der Waals surface area contributed by atoms with E-state index in [1.165, 1.54) is 12.8 Å². The van der Waals surface area contributed by atoms with E-state index in [2.05, 4.69) is 17.0 Å². The minimum Gasteiger partial charge on any atom is -0.316 e. The van der Waals surface area contributed by atoms with Gasteiger partial charge in [-0.25, -0.2) is 13.1 Å². The molecule has 0 aromatic carbocycles. The Morgan fingerprint density at radius 2 is 1.79 bits per heavy atom. The summed E-state index contributed by atoms with van der Waals surface area (Å²) >= 11 is 0. The molecular formula is C9H22N2O2S. The van der Waals surface area contributed by atoms with E-state index in [-0.39, 0.29) is 5.75 Å². The Kier molecular flexibility index (Phi) is 8.12. The molecule has 0 saturated carbocycles. The minimum atomic E-state index is -3.04. The Bertz CT molecular complexity index is 215. The molecule has 0 saturated heterocycles. The Labute approximate surface area is 87.5 Å². The molecule has 0 fully saturated rings. The SMILES string of the molecule is CCCCCNCCS(=O)(=O)NCC. The van der Waals surface area contributed by atoms with Crippen molar-refractivity contribution in [3.63, 3.8) is 0 Å². The van der Waals surface area contributed by atoms with Crippen molar-refractivity contribution in [1.82, 2.24) is 10.0 Å². The maximum Gasteiger partial charge on any atom is 0.212 e. The van der Waals surface area contributed by atoms with Gasteiger partial charge in [0.1, 0.15) is 0 Å². The minimum absolute atomic E-state index is 0.174. The zero-order valence-corrected chi connectivity index (χ0v) is 9.99. The van der Waals surface area contributed by atoms with E-state index in [4.69, 9.17) is 0 Å². The molecule has 0 aliphatic rings. The summed E-state index contributed by atoms with van der Waals surface area (Å²) in [6.45, 7) is 5.86. The average Bonchev–Trinajstić information content (AvgIpc) is 2.11. The predicted molar refractivity (Wildman–Crippen MR) is 59.9 cm³/mol. The molecule has 5 heteroatoms. The second-order valence-corrected chi connectivity index (χ2v) is 5.20. The molecule has 14 heavy (non-hydrogen) atoms. The van der Waals surface area contributed by atoms with Crippen LogP contribution in [0.2, 0.25) is 0 Å². The highest BCUT2D eigenvalue weighted by Gasteiger charge is 2.06. The van der Waals surface area contributed by atoms with Crippen molar-refractivity contribution in [2.75, 3.05) is 25.4 Å². The molecule has 0 aliphatic carbocycles. The summed E-state index contributed by atoms with van der Waals surface area (Å²) in [5, 5.41) is 3.12. The fraction of sp³-hybridized carbons (Fsp3) is 1.00. The van der Waals surface area contributed by atoms with Gasteiger partial charge in [-0.15, -0.1) is 0 Å². The molecule has 0 aromatic heterocycles. The number of unbranched alkanes of at least 4 members (excludes halogenated alkanes) is 2. The highest BCUT2D eigenvalue weighted by Crippen LogP contribution is 1.90. The first kappa shape index (κ1) is 13.9. The number of hydrogen-bond acceptors (Lipinski definition) is 3. The van der Waals surface area contributed by atoms with Crippen LogP contribution in [0.3, 0.4) is 0 Å². The Morgan fingerprint density at radius 1 is 1.07 bits per heavy atom. The molecule has 0 unspecified atom stereocenters. The Morgan fingerprint density at radius 3 is 2.36 bits per heavy atom. The lowest BCUT2D eigenvalue weighted by atomic mass is 10.2. The molecule has 0 spiro atoms. The fourth-order valence-electron chi connectivity index (χ4n) is 1.12. The lowest BCUT2D eigenvalue weighted by Gasteiger charge is -2.05. The van der Waals surface area contributed by atoms with Gasteiger partial charge in [-0.2, -0.15) is 0 Å². The number of nitrogens with one attached hydrogen (secondary N) is 2. The van der Waals surface area contributed by atoms with Crippen LogP contribution in [0.5, 0.6) is 0 Å². The summed E-state index contributed by atoms with van der Waals surface area (Å²) in [5.41, 5.74) is 0. The van der Waals surface area contributed by atoms with E-state index in [9.17, 15) is 8.42 Å². The highest BCUT2D eigenvalue weighted by atomic mass is 32.2. The molecule has 0 radical (unpaired) electrons. The van der Waals surface area contributed by atoms with Crippen molar-refractivity contribution in [3.8, 4) is 0 Å². The first-order valence-corrected chi connectivity index (χ1v) is 6.95. The average molecular weight is 222 g/mol. The van der Waals surface area contributed by atoms with Gasteiger partial charge in [-0.3, -0.25) is 0 Å². The van der Waals surface area contributed by atoms with Crippen LogP contribution in [0.4, 0.5) is 0 Å². The van der Waals surface area contributed by atoms with E-state index < -0.39 is 10.0 Å². The van der Waals surface area contributed by atoms with Crippen LogP contribution in [0.15, 0.2) is 0 Å². The predicted octanol–water partition coefficient (Wildman–Crippen LogP) is 0.706. The van der Waals surface area contributed by atoms with Crippen LogP contribution >= 0.6 is 0 Å². The smallest absolute Gasteiger partial charge is 0.212 e. The summed E-state index contributed by atoms with van der Waals surface area (Å²) in [5.74, 6) is 0.174. The Balaban J connectivity index is 3.35. The molecule has 4 nitrogen and oxygen atoms in total.